The Bertz CT molecular complexity index is 895. The van der Waals surface area contributed by atoms with Crippen LogP contribution in [-0.2, 0) is 10.0 Å². The number of nitrogens with zero attached hydrogens (tertiary/aromatic N) is 1. The van der Waals surface area contributed by atoms with Gasteiger partial charge < -0.3 is 14.2 Å². The van der Waals surface area contributed by atoms with E-state index in [9.17, 15) is 8.42 Å². The van der Waals surface area contributed by atoms with Crippen molar-refractivity contribution in [3.8, 4) is 17.2 Å². The van der Waals surface area contributed by atoms with Crippen molar-refractivity contribution < 1.29 is 22.6 Å². The number of hydrazone groups is 1. The molecule has 0 aliphatic heterocycles. The van der Waals surface area contributed by atoms with Crippen molar-refractivity contribution in [2.45, 2.75) is 18.7 Å². The molecular weight excluding hydrogens is 368 g/mol. The molecule has 1 N–H and O–H groups in total. The van der Waals surface area contributed by atoms with Crippen LogP contribution < -0.4 is 19.0 Å². The van der Waals surface area contributed by atoms with E-state index >= 15 is 0 Å². The number of nitrogens with one attached hydrogen (secondary N) is 1. The molecule has 0 atom stereocenters. The van der Waals surface area contributed by atoms with Gasteiger partial charge in [0.25, 0.3) is 10.0 Å². The summed E-state index contributed by atoms with van der Waals surface area (Å²) in [6, 6.07) is 11.6. The van der Waals surface area contributed by atoms with Gasteiger partial charge in [0.2, 0.25) is 0 Å². The van der Waals surface area contributed by atoms with Crippen LogP contribution in [0.5, 0.6) is 17.2 Å². The van der Waals surface area contributed by atoms with Crippen LogP contribution in [-0.4, -0.2) is 35.5 Å². The van der Waals surface area contributed by atoms with Crippen molar-refractivity contribution in [2.24, 2.45) is 11.0 Å². The number of ether oxygens (including phenoxy) is 3. The molecular formula is C19H24N2O5S. The zero-order valence-electron chi connectivity index (χ0n) is 15.8. The first-order chi connectivity index (χ1) is 12.9. The zero-order chi connectivity index (χ0) is 19.9. The van der Waals surface area contributed by atoms with Crippen molar-refractivity contribution in [1.82, 2.24) is 4.83 Å². The summed E-state index contributed by atoms with van der Waals surface area (Å²) >= 11 is 0. The Hall–Kier alpha value is -2.74. The van der Waals surface area contributed by atoms with Crippen molar-refractivity contribution in [2.75, 3.05) is 20.8 Å². The third-order valence-corrected chi connectivity index (χ3v) is 4.71. The summed E-state index contributed by atoms with van der Waals surface area (Å²) in [5.41, 5.74) is 0.714. The first-order valence-electron chi connectivity index (χ1n) is 8.35. The summed E-state index contributed by atoms with van der Waals surface area (Å²) in [7, 11) is -0.916. The molecule has 0 aromatic heterocycles. The molecule has 0 bridgehead atoms. The van der Waals surface area contributed by atoms with Crippen LogP contribution in [0.2, 0.25) is 0 Å². The topological polar surface area (TPSA) is 86.2 Å². The van der Waals surface area contributed by atoms with Gasteiger partial charge in [-0.25, -0.2) is 4.83 Å². The van der Waals surface area contributed by atoms with Crippen LogP contribution in [0, 0.1) is 5.92 Å². The van der Waals surface area contributed by atoms with Crippen LogP contribution in [0.25, 0.3) is 0 Å². The summed E-state index contributed by atoms with van der Waals surface area (Å²) in [4.78, 5) is 2.21. The molecule has 0 radical (unpaired) electrons. The second kappa shape index (κ2) is 9.27. The Morgan fingerprint density at radius 2 is 1.81 bits per heavy atom. The number of methoxy groups -OCH3 is 2. The Balaban J connectivity index is 2.10. The molecule has 0 spiro atoms. The fourth-order valence-corrected chi connectivity index (χ4v) is 2.96. The Morgan fingerprint density at radius 3 is 2.48 bits per heavy atom. The highest BCUT2D eigenvalue weighted by Gasteiger charge is 2.16. The molecule has 0 fully saturated rings. The highest BCUT2D eigenvalue weighted by molar-refractivity contribution is 7.89. The lowest BCUT2D eigenvalue weighted by Gasteiger charge is -2.10. The summed E-state index contributed by atoms with van der Waals surface area (Å²) in [5, 5.41) is 3.83. The predicted octanol–water partition coefficient (Wildman–Crippen LogP) is 3.05. The van der Waals surface area contributed by atoms with Crippen molar-refractivity contribution in [3.05, 3.63) is 48.0 Å². The van der Waals surface area contributed by atoms with Crippen LogP contribution in [0.4, 0.5) is 0 Å². The van der Waals surface area contributed by atoms with Crippen LogP contribution in [0.1, 0.15) is 19.4 Å². The van der Waals surface area contributed by atoms with Gasteiger partial charge in [0.05, 0.1) is 31.9 Å². The molecule has 146 valence electrons. The van der Waals surface area contributed by atoms with E-state index in [4.69, 9.17) is 14.2 Å². The summed E-state index contributed by atoms with van der Waals surface area (Å²) in [6.45, 7) is 4.73. The first-order valence-corrected chi connectivity index (χ1v) is 9.84. The van der Waals surface area contributed by atoms with Gasteiger partial charge >= 0.3 is 0 Å². The lowest BCUT2D eigenvalue weighted by Crippen LogP contribution is -2.18. The van der Waals surface area contributed by atoms with Crippen LogP contribution in [0.3, 0.4) is 0 Å². The van der Waals surface area contributed by atoms with Crippen molar-refractivity contribution in [3.63, 3.8) is 0 Å². The van der Waals surface area contributed by atoms with Gasteiger partial charge in [0.15, 0.2) is 11.5 Å². The molecule has 0 aliphatic carbocycles. The normalized spacial score (nSPS) is 11.6. The number of rotatable bonds is 9. The van der Waals surface area contributed by atoms with E-state index in [2.05, 4.69) is 23.8 Å². The molecule has 0 unspecified atom stereocenters. The van der Waals surface area contributed by atoms with E-state index in [1.807, 2.05) is 12.1 Å². The van der Waals surface area contributed by atoms with E-state index in [-0.39, 0.29) is 4.90 Å². The third-order valence-electron chi connectivity index (χ3n) is 3.49. The average Bonchev–Trinajstić information content (AvgIpc) is 2.66. The minimum Gasteiger partial charge on any atom is -0.493 e. The molecule has 2 aromatic carbocycles. The van der Waals surface area contributed by atoms with Gasteiger partial charge in [-0.15, -0.1) is 0 Å². The molecule has 0 amide bonds. The highest BCUT2D eigenvalue weighted by Crippen LogP contribution is 2.29. The maximum absolute atomic E-state index is 12.4. The maximum Gasteiger partial charge on any atom is 0.276 e. The first kappa shape index (κ1) is 20.6. The van der Waals surface area contributed by atoms with Crippen molar-refractivity contribution >= 4 is 16.2 Å². The van der Waals surface area contributed by atoms with Gasteiger partial charge in [0, 0.05) is 6.07 Å². The average molecular weight is 392 g/mol. The van der Waals surface area contributed by atoms with Gasteiger partial charge in [-0.2, -0.15) is 13.5 Å². The minimum atomic E-state index is -3.83. The van der Waals surface area contributed by atoms with Crippen LogP contribution in [0.15, 0.2) is 52.5 Å². The maximum atomic E-state index is 12.4. The summed E-state index contributed by atoms with van der Waals surface area (Å²) in [6.07, 6.45) is 1.42. The number of sulfonamides is 1. The highest BCUT2D eigenvalue weighted by atomic mass is 32.2. The van der Waals surface area contributed by atoms with E-state index in [0.29, 0.717) is 35.3 Å². The van der Waals surface area contributed by atoms with E-state index in [0.717, 1.165) is 0 Å². The van der Waals surface area contributed by atoms with Crippen molar-refractivity contribution in [1.29, 1.82) is 0 Å². The monoisotopic (exact) mass is 392 g/mol. The molecule has 7 nitrogen and oxygen atoms in total. The van der Waals surface area contributed by atoms with E-state index in [1.165, 1.54) is 38.6 Å². The fourth-order valence-electron chi connectivity index (χ4n) is 2.15. The Morgan fingerprint density at radius 1 is 1.07 bits per heavy atom. The lowest BCUT2D eigenvalue weighted by molar-refractivity contribution is 0.271. The van der Waals surface area contributed by atoms with E-state index < -0.39 is 10.0 Å². The molecule has 2 rings (SSSR count). The number of hydrogen-bond acceptors (Lipinski definition) is 6. The number of benzene rings is 2. The van der Waals surface area contributed by atoms with Gasteiger partial charge in [0.1, 0.15) is 5.75 Å². The van der Waals surface area contributed by atoms with Gasteiger partial charge in [-0.05, 0) is 35.7 Å². The number of hydrogen-bond donors (Lipinski definition) is 1. The molecule has 0 aliphatic rings. The fraction of sp³-hybridized carbons (Fsp3) is 0.316. The van der Waals surface area contributed by atoms with Crippen LogP contribution >= 0.6 is 0 Å². The second-order valence-corrected chi connectivity index (χ2v) is 7.81. The Kier molecular flexibility index (Phi) is 7.06. The largest absolute Gasteiger partial charge is 0.493 e. The van der Waals surface area contributed by atoms with Gasteiger partial charge in [-0.3, -0.25) is 0 Å². The zero-order valence-corrected chi connectivity index (χ0v) is 16.6. The molecule has 2 aromatic rings. The van der Waals surface area contributed by atoms with Gasteiger partial charge in [-0.1, -0.05) is 26.0 Å². The molecule has 0 saturated heterocycles. The molecule has 0 saturated carbocycles. The smallest absolute Gasteiger partial charge is 0.276 e. The quantitative estimate of drug-likeness (QED) is 0.524. The lowest BCUT2D eigenvalue weighted by atomic mass is 10.2. The minimum absolute atomic E-state index is 0.0197. The molecule has 8 heteroatoms. The SMILES string of the molecule is COc1ccc(S(=O)(=O)N/N=C/c2cccc(OCC(C)C)c2)cc1OC. The molecule has 0 heterocycles. The van der Waals surface area contributed by atoms with E-state index in [1.54, 1.807) is 12.1 Å². The summed E-state index contributed by atoms with van der Waals surface area (Å²) in [5.74, 6) is 1.88. The second-order valence-electron chi connectivity index (χ2n) is 6.15. The summed E-state index contributed by atoms with van der Waals surface area (Å²) < 4.78 is 40.7. The third kappa shape index (κ3) is 5.89. The molecule has 27 heavy (non-hydrogen) atoms. The Labute approximate surface area is 160 Å². The standard InChI is InChI=1S/C19H24N2O5S/c1-14(2)13-26-16-7-5-6-15(10-16)12-20-21-27(22,23)17-8-9-18(24-3)19(11-17)25-4/h5-12,14,21H,13H2,1-4H3/b20-12+. The predicted molar refractivity (Wildman–Crippen MR) is 104 cm³/mol.